The highest BCUT2D eigenvalue weighted by atomic mass is 19.2. The van der Waals surface area contributed by atoms with E-state index < -0.39 is 47.3 Å². The van der Waals surface area contributed by atoms with Crippen LogP contribution in [0.25, 0.3) is 0 Å². The van der Waals surface area contributed by atoms with Gasteiger partial charge < -0.3 is 9.47 Å². The number of ether oxygens (including phenoxy) is 2. The smallest absolute Gasteiger partial charge is 0.167 e. The minimum atomic E-state index is -1.41. The highest BCUT2D eigenvalue weighted by Crippen LogP contribution is 2.25. The van der Waals surface area contributed by atoms with E-state index in [1.54, 1.807) is 0 Å². The number of rotatable bonds is 3. The molecule has 1 atom stereocenters. The van der Waals surface area contributed by atoms with E-state index >= 15 is 0 Å². The Morgan fingerprint density at radius 2 is 1.68 bits per heavy atom. The lowest BCUT2D eigenvalue weighted by atomic mass is 10.1. The van der Waals surface area contributed by atoms with Crippen LogP contribution < -0.4 is 0 Å². The number of halogens is 4. The Bertz CT molecular complexity index is 441. The Kier molecular flexibility index (Phi) is 4.42. The Balaban J connectivity index is 2.15. The molecule has 1 aliphatic heterocycles. The molecule has 2 nitrogen and oxygen atoms in total. The molecule has 2 rings (SSSR count). The maximum atomic E-state index is 13.6. The van der Waals surface area contributed by atoms with Gasteiger partial charge in [0.1, 0.15) is 0 Å². The summed E-state index contributed by atoms with van der Waals surface area (Å²) in [6, 6.07) is 0. The molecule has 1 heterocycles. The van der Waals surface area contributed by atoms with Crippen molar-refractivity contribution in [3.05, 3.63) is 34.4 Å². The van der Waals surface area contributed by atoms with Crippen LogP contribution in [0.15, 0.2) is 0 Å². The van der Waals surface area contributed by atoms with E-state index in [0.29, 0.717) is 13.0 Å². The summed E-state index contributed by atoms with van der Waals surface area (Å²) in [7, 11) is 0. The van der Waals surface area contributed by atoms with Crippen LogP contribution in [0, 0.1) is 30.2 Å². The van der Waals surface area contributed by atoms with Crippen LogP contribution in [-0.2, 0) is 16.1 Å². The molecule has 1 aromatic carbocycles. The van der Waals surface area contributed by atoms with Gasteiger partial charge in [-0.05, 0) is 26.2 Å². The Labute approximate surface area is 108 Å². The summed E-state index contributed by atoms with van der Waals surface area (Å²) in [5.74, 6) is -5.59. The molecular formula is C13H14F4O2. The highest BCUT2D eigenvalue weighted by Gasteiger charge is 2.24. The minimum absolute atomic E-state index is 0.506. The van der Waals surface area contributed by atoms with Crippen molar-refractivity contribution in [2.24, 2.45) is 0 Å². The van der Waals surface area contributed by atoms with Gasteiger partial charge in [-0.2, -0.15) is 0 Å². The van der Waals surface area contributed by atoms with Gasteiger partial charge in [0.15, 0.2) is 29.6 Å². The molecule has 0 bridgehead atoms. The molecule has 1 unspecified atom stereocenters. The summed E-state index contributed by atoms with van der Waals surface area (Å²) >= 11 is 0. The Morgan fingerprint density at radius 3 is 2.21 bits per heavy atom. The van der Waals surface area contributed by atoms with Crippen LogP contribution in [0.2, 0.25) is 0 Å². The summed E-state index contributed by atoms with van der Waals surface area (Å²) in [4.78, 5) is 0. The van der Waals surface area contributed by atoms with E-state index in [-0.39, 0.29) is 0 Å². The molecule has 0 saturated carbocycles. The van der Waals surface area contributed by atoms with Gasteiger partial charge in [0, 0.05) is 12.2 Å². The largest absolute Gasteiger partial charge is 0.353 e. The summed E-state index contributed by atoms with van der Waals surface area (Å²) in [6.07, 6.45) is 1.79. The van der Waals surface area contributed by atoms with E-state index in [1.807, 2.05) is 0 Å². The molecule has 0 radical (unpaired) electrons. The van der Waals surface area contributed by atoms with Gasteiger partial charge in [-0.3, -0.25) is 0 Å². The zero-order chi connectivity index (χ0) is 14.0. The molecular weight excluding hydrogens is 264 g/mol. The average Bonchev–Trinajstić information content (AvgIpc) is 2.44. The predicted molar refractivity (Wildman–Crippen MR) is 59.4 cm³/mol. The number of hydrogen-bond donors (Lipinski definition) is 0. The first-order valence-electron chi connectivity index (χ1n) is 6.07. The fraction of sp³-hybridized carbons (Fsp3) is 0.538. The third-order valence-electron chi connectivity index (χ3n) is 3.13. The van der Waals surface area contributed by atoms with Crippen molar-refractivity contribution in [1.29, 1.82) is 0 Å². The van der Waals surface area contributed by atoms with Gasteiger partial charge in [0.2, 0.25) is 0 Å². The molecule has 6 heteroatoms. The second-order valence-electron chi connectivity index (χ2n) is 4.47. The summed E-state index contributed by atoms with van der Waals surface area (Å²) in [6.45, 7) is 0.925. The molecule has 106 valence electrons. The van der Waals surface area contributed by atoms with Gasteiger partial charge >= 0.3 is 0 Å². The first kappa shape index (κ1) is 14.3. The first-order valence-corrected chi connectivity index (χ1v) is 6.07. The predicted octanol–water partition coefficient (Wildman–Crippen LogP) is 3.59. The molecule has 0 aromatic heterocycles. The summed E-state index contributed by atoms with van der Waals surface area (Å²) < 4.78 is 64.1. The molecule has 0 amide bonds. The van der Waals surface area contributed by atoms with Crippen molar-refractivity contribution >= 4 is 0 Å². The maximum absolute atomic E-state index is 13.6. The van der Waals surface area contributed by atoms with Crippen LogP contribution in [-0.4, -0.2) is 12.9 Å². The molecule has 1 saturated heterocycles. The molecule has 0 N–H and O–H groups in total. The average molecular weight is 278 g/mol. The molecule has 19 heavy (non-hydrogen) atoms. The zero-order valence-electron chi connectivity index (χ0n) is 10.4. The van der Waals surface area contributed by atoms with Crippen molar-refractivity contribution in [3.63, 3.8) is 0 Å². The van der Waals surface area contributed by atoms with Gasteiger partial charge in [0.05, 0.1) is 12.2 Å². The van der Waals surface area contributed by atoms with Crippen LogP contribution in [0.4, 0.5) is 17.6 Å². The molecule has 1 aliphatic rings. The normalized spacial score (nSPS) is 19.7. The third-order valence-corrected chi connectivity index (χ3v) is 3.13. The van der Waals surface area contributed by atoms with E-state index in [1.165, 1.54) is 0 Å². The number of benzene rings is 1. The van der Waals surface area contributed by atoms with Gasteiger partial charge in [-0.25, -0.2) is 17.6 Å². The Hall–Kier alpha value is -1.14. The molecule has 1 aromatic rings. The van der Waals surface area contributed by atoms with Gasteiger partial charge in [-0.1, -0.05) is 0 Å². The lowest BCUT2D eigenvalue weighted by Crippen LogP contribution is -2.22. The van der Waals surface area contributed by atoms with Crippen molar-refractivity contribution < 1.29 is 27.0 Å². The second-order valence-corrected chi connectivity index (χ2v) is 4.47. The van der Waals surface area contributed by atoms with Gasteiger partial charge in [0.25, 0.3) is 0 Å². The lowest BCUT2D eigenvalue weighted by Gasteiger charge is -2.23. The van der Waals surface area contributed by atoms with Crippen molar-refractivity contribution in [2.75, 3.05) is 6.61 Å². The monoisotopic (exact) mass is 278 g/mol. The standard InChI is InChI=1S/C13H14F4O2/c1-7-10(14)12(16)8(13(17)11(7)15)6-19-9-4-2-3-5-18-9/h9H,2-6H2,1H3. The van der Waals surface area contributed by atoms with Crippen LogP contribution >= 0.6 is 0 Å². The lowest BCUT2D eigenvalue weighted by molar-refractivity contribution is -0.169. The fourth-order valence-electron chi connectivity index (χ4n) is 1.93. The fourth-order valence-corrected chi connectivity index (χ4v) is 1.93. The van der Waals surface area contributed by atoms with E-state index in [9.17, 15) is 17.6 Å². The maximum Gasteiger partial charge on any atom is 0.167 e. The van der Waals surface area contributed by atoms with Crippen LogP contribution in [0.5, 0.6) is 0 Å². The van der Waals surface area contributed by atoms with Gasteiger partial charge in [-0.15, -0.1) is 0 Å². The first-order chi connectivity index (χ1) is 9.02. The molecule has 0 spiro atoms. The zero-order valence-corrected chi connectivity index (χ0v) is 10.4. The SMILES string of the molecule is Cc1c(F)c(F)c(COC2CCCCO2)c(F)c1F. The van der Waals surface area contributed by atoms with E-state index in [0.717, 1.165) is 19.8 Å². The van der Waals surface area contributed by atoms with Crippen molar-refractivity contribution in [1.82, 2.24) is 0 Å². The van der Waals surface area contributed by atoms with Crippen LogP contribution in [0.1, 0.15) is 30.4 Å². The van der Waals surface area contributed by atoms with E-state index in [2.05, 4.69) is 0 Å². The third kappa shape index (κ3) is 2.90. The van der Waals surface area contributed by atoms with Crippen LogP contribution in [0.3, 0.4) is 0 Å². The quantitative estimate of drug-likeness (QED) is 0.621. The topological polar surface area (TPSA) is 18.5 Å². The van der Waals surface area contributed by atoms with Crippen molar-refractivity contribution in [3.8, 4) is 0 Å². The second kappa shape index (κ2) is 5.88. The molecule has 0 aliphatic carbocycles. The number of hydrogen-bond acceptors (Lipinski definition) is 2. The van der Waals surface area contributed by atoms with Crippen molar-refractivity contribution in [2.45, 2.75) is 39.1 Å². The minimum Gasteiger partial charge on any atom is -0.353 e. The summed E-state index contributed by atoms with van der Waals surface area (Å²) in [5, 5.41) is 0. The molecule has 1 fully saturated rings. The Morgan fingerprint density at radius 1 is 1.05 bits per heavy atom. The summed E-state index contributed by atoms with van der Waals surface area (Å²) in [5.41, 5.74) is -1.41. The van der Waals surface area contributed by atoms with E-state index in [4.69, 9.17) is 9.47 Å². The highest BCUT2D eigenvalue weighted by molar-refractivity contribution is 5.28.